The number of fused-ring (bicyclic) bond motifs is 1. The van der Waals surface area contributed by atoms with Crippen molar-refractivity contribution in [3.63, 3.8) is 0 Å². The highest BCUT2D eigenvalue weighted by Crippen LogP contribution is 2.24. The van der Waals surface area contributed by atoms with Crippen LogP contribution in [0.25, 0.3) is 5.65 Å². The van der Waals surface area contributed by atoms with Crippen LogP contribution in [0.2, 0.25) is 0 Å². The highest BCUT2D eigenvalue weighted by Gasteiger charge is 2.27. The molecule has 2 N–H and O–H groups in total. The smallest absolute Gasteiger partial charge is 0.310 e. The van der Waals surface area contributed by atoms with E-state index in [1.54, 1.807) is 4.52 Å². The lowest BCUT2D eigenvalue weighted by Crippen LogP contribution is -2.39. The van der Waals surface area contributed by atoms with E-state index in [1.807, 2.05) is 25.3 Å². The molecule has 0 bridgehead atoms. The monoisotopic (exact) mass is 289 g/mol. The van der Waals surface area contributed by atoms with E-state index in [1.165, 1.54) is 0 Å². The van der Waals surface area contributed by atoms with Gasteiger partial charge in [0.2, 0.25) is 5.95 Å². The summed E-state index contributed by atoms with van der Waals surface area (Å²) in [6.07, 6.45) is 3.70. The third-order valence-electron chi connectivity index (χ3n) is 3.74. The van der Waals surface area contributed by atoms with Gasteiger partial charge in [-0.3, -0.25) is 4.79 Å². The standard InChI is InChI=1S/C14H19N5O2/c1-2-21-13(20)10-4-3-6-18(9-10)11-5-7-19-12(8-11)16-14(15)17-19/h5,7-8,10H,2-4,6,9H2,1H3,(H2,15,17). The van der Waals surface area contributed by atoms with E-state index < -0.39 is 0 Å². The van der Waals surface area contributed by atoms with Crippen molar-refractivity contribution >= 4 is 23.3 Å². The van der Waals surface area contributed by atoms with Gasteiger partial charge < -0.3 is 15.4 Å². The molecule has 1 aliphatic heterocycles. The molecule has 112 valence electrons. The van der Waals surface area contributed by atoms with Gasteiger partial charge in [0.05, 0.1) is 12.5 Å². The van der Waals surface area contributed by atoms with Crippen LogP contribution in [0, 0.1) is 5.92 Å². The second kappa shape index (κ2) is 5.59. The van der Waals surface area contributed by atoms with Crippen LogP contribution in [0.15, 0.2) is 18.3 Å². The number of aromatic nitrogens is 3. The largest absolute Gasteiger partial charge is 0.466 e. The Labute approximate surface area is 122 Å². The summed E-state index contributed by atoms with van der Waals surface area (Å²) in [5.74, 6) is 0.100. The van der Waals surface area contributed by atoms with Crippen molar-refractivity contribution < 1.29 is 9.53 Å². The van der Waals surface area contributed by atoms with Gasteiger partial charge in [-0.25, -0.2) is 4.52 Å². The number of piperidine rings is 1. The number of carbonyl (C=O) groups is 1. The Balaban J connectivity index is 1.79. The van der Waals surface area contributed by atoms with Gasteiger partial charge in [0.25, 0.3) is 0 Å². The van der Waals surface area contributed by atoms with Crippen LogP contribution < -0.4 is 10.6 Å². The molecule has 0 spiro atoms. The van der Waals surface area contributed by atoms with Crippen LogP contribution in [0.4, 0.5) is 11.6 Å². The molecule has 0 saturated carbocycles. The van der Waals surface area contributed by atoms with Gasteiger partial charge in [0, 0.05) is 31.0 Å². The van der Waals surface area contributed by atoms with Gasteiger partial charge in [-0.2, -0.15) is 4.98 Å². The number of hydrogen-bond acceptors (Lipinski definition) is 6. The van der Waals surface area contributed by atoms with Gasteiger partial charge in [-0.15, -0.1) is 5.10 Å². The fourth-order valence-corrected chi connectivity index (χ4v) is 2.75. The summed E-state index contributed by atoms with van der Waals surface area (Å²) < 4.78 is 6.77. The molecular formula is C14H19N5O2. The first kappa shape index (κ1) is 13.7. The Morgan fingerprint density at radius 3 is 3.24 bits per heavy atom. The molecule has 21 heavy (non-hydrogen) atoms. The normalized spacial score (nSPS) is 18.9. The summed E-state index contributed by atoms with van der Waals surface area (Å²) in [7, 11) is 0. The number of hydrogen-bond donors (Lipinski definition) is 1. The number of rotatable bonds is 3. The zero-order chi connectivity index (χ0) is 14.8. The average Bonchev–Trinajstić information content (AvgIpc) is 2.86. The molecule has 0 amide bonds. The third-order valence-corrected chi connectivity index (χ3v) is 3.74. The zero-order valence-corrected chi connectivity index (χ0v) is 12.0. The van der Waals surface area contributed by atoms with Crippen LogP contribution >= 0.6 is 0 Å². The van der Waals surface area contributed by atoms with E-state index in [0.717, 1.165) is 25.1 Å². The number of nitrogen functional groups attached to an aromatic ring is 1. The van der Waals surface area contributed by atoms with E-state index >= 15 is 0 Å². The lowest BCUT2D eigenvalue weighted by Gasteiger charge is -2.33. The van der Waals surface area contributed by atoms with E-state index in [9.17, 15) is 4.79 Å². The van der Waals surface area contributed by atoms with Crippen molar-refractivity contribution in [2.24, 2.45) is 5.92 Å². The number of pyridine rings is 1. The number of carbonyl (C=O) groups excluding carboxylic acids is 1. The van der Waals surface area contributed by atoms with Crippen molar-refractivity contribution in [2.45, 2.75) is 19.8 Å². The lowest BCUT2D eigenvalue weighted by molar-refractivity contribution is -0.148. The first-order valence-electron chi connectivity index (χ1n) is 7.21. The predicted molar refractivity (Wildman–Crippen MR) is 79.0 cm³/mol. The summed E-state index contributed by atoms with van der Waals surface area (Å²) >= 11 is 0. The number of ether oxygens (including phenoxy) is 1. The van der Waals surface area contributed by atoms with Crippen LogP contribution in [0.5, 0.6) is 0 Å². The molecule has 3 heterocycles. The maximum atomic E-state index is 11.9. The summed E-state index contributed by atoms with van der Waals surface area (Å²) in [4.78, 5) is 18.3. The molecule has 0 aromatic carbocycles. The molecule has 1 unspecified atom stereocenters. The number of esters is 1. The minimum atomic E-state index is -0.102. The van der Waals surface area contributed by atoms with E-state index in [0.29, 0.717) is 18.8 Å². The second-order valence-corrected chi connectivity index (χ2v) is 5.19. The fourth-order valence-electron chi connectivity index (χ4n) is 2.75. The van der Waals surface area contributed by atoms with E-state index in [4.69, 9.17) is 10.5 Å². The second-order valence-electron chi connectivity index (χ2n) is 5.19. The van der Waals surface area contributed by atoms with Crippen molar-refractivity contribution in [1.29, 1.82) is 0 Å². The number of nitrogens with zero attached hydrogens (tertiary/aromatic N) is 4. The van der Waals surface area contributed by atoms with Gasteiger partial charge in [0.15, 0.2) is 5.65 Å². The first-order valence-corrected chi connectivity index (χ1v) is 7.21. The minimum Gasteiger partial charge on any atom is -0.466 e. The van der Waals surface area contributed by atoms with Gasteiger partial charge in [-0.1, -0.05) is 0 Å². The molecule has 0 radical (unpaired) electrons. The Morgan fingerprint density at radius 1 is 1.57 bits per heavy atom. The van der Waals surface area contributed by atoms with Crippen LogP contribution in [-0.2, 0) is 9.53 Å². The molecule has 2 aromatic rings. The summed E-state index contributed by atoms with van der Waals surface area (Å²) in [5.41, 5.74) is 7.34. The highest BCUT2D eigenvalue weighted by atomic mass is 16.5. The summed E-state index contributed by atoms with van der Waals surface area (Å²) in [5, 5.41) is 4.06. The van der Waals surface area contributed by atoms with Crippen molar-refractivity contribution in [2.75, 3.05) is 30.3 Å². The van der Waals surface area contributed by atoms with Gasteiger partial charge in [-0.05, 0) is 25.8 Å². The molecule has 7 nitrogen and oxygen atoms in total. The number of nitrogens with two attached hydrogens (primary N) is 1. The van der Waals surface area contributed by atoms with Crippen LogP contribution in [0.3, 0.4) is 0 Å². The molecule has 1 fully saturated rings. The van der Waals surface area contributed by atoms with Gasteiger partial charge in [0.1, 0.15) is 0 Å². The van der Waals surface area contributed by atoms with Crippen molar-refractivity contribution in [1.82, 2.24) is 14.6 Å². The summed E-state index contributed by atoms with van der Waals surface area (Å²) in [6.45, 7) is 3.87. The highest BCUT2D eigenvalue weighted by molar-refractivity contribution is 5.73. The fraction of sp³-hybridized carbons (Fsp3) is 0.500. The van der Waals surface area contributed by atoms with Crippen LogP contribution in [0.1, 0.15) is 19.8 Å². The molecule has 0 aliphatic carbocycles. The minimum absolute atomic E-state index is 0.0575. The SMILES string of the molecule is CCOC(=O)C1CCCN(c2ccn3nc(N)nc3c2)C1. The number of anilines is 2. The molecule has 1 atom stereocenters. The Morgan fingerprint density at radius 2 is 2.43 bits per heavy atom. The quantitative estimate of drug-likeness (QED) is 0.851. The zero-order valence-electron chi connectivity index (χ0n) is 12.0. The van der Waals surface area contributed by atoms with E-state index in [-0.39, 0.29) is 17.8 Å². The molecule has 2 aromatic heterocycles. The third kappa shape index (κ3) is 2.76. The maximum Gasteiger partial charge on any atom is 0.310 e. The Kier molecular flexibility index (Phi) is 3.64. The molecule has 3 rings (SSSR count). The Hall–Kier alpha value is -2.31. The lowest BCUT2D eigenvalue weighted by atomic mass is 9.98. The van der Waals surface area contributed by atoms with Crippen LogP contribution in [-0.4, -0.2) is 40.3 Å². The predicted octanol–water partition coefficient (Wildman–Crippen LogP) is 1.09. The molecule has 1 saturated heterocycles. The van der Waals surface area contributed by atoms with E-state index in [2.05, 4.69) is 15.0 Å². The van der Waals surface area contributed by atoms with Crippen molar-refractivity contribution in [3.05, 3.63) is 18.3 Å². The average molecular weight is 289 g/mol. The maximum absolute atomic E-state index is 11.9. The summed E-state index contributed by atoms with van der Waals surface area (Å²) in [6, 6.07) is 3.91. The Bertz CT molecular complexity index is 654. The topological polar surface area (TPSA) is 85.8 Å². The molecule has 7 heteroatoms. The molecular weight excluding hydrogens is 270 g/mol. The molecule has 1 aliphatic rings. The van der Waals surface area contributed by atoms with Crippen molar-refractivity contribution in [3.8, 4) is 0 Å². The van der Waals surface area contributed by atoms with Gasteiger partial charge >= 0.3 is 5.97 Å². The first-order chi connectivity index (χ1) is 10.2.